The molecule has 5 aromatic rings. The lowest BCUT2D eigenvalue weighted by Gasteiger charge is -2.26. The van der Waals surface area contributed by atoms with Gasteiger partial charge in [-0.05, 0) is 93.4 Å². The maximum absolute atomic E-state index is 13.3. The van der Waals surface area contributed by atoms with Gasteiger partial charge in [0.25, 0.3) is 0 Å². The lowest BCUT2D eigenvalue weighted by molar-refractivity contribution is 0.0988. The minimum Gasteiger partial charge on any atom is -0.310 e. The van der Waals surface area contributed by atoms with Crippen molar-refractivity contribution in [3.8, 4) is 0 Å². The van der Waals surface area contributed by atoms with E-state index in [1.165, 1.54) is 16.0 Å². The van der Waals surface area contributed by atoms with Crippen LogP contribution in [0.15, 0.2) is 150 Å². The molecule has 0 fully saturated rings. The number of rotatable bonds is 4. The molecule has 0 saturated carbocycles. The van der Waals surface area contributed by atoms with Crippen molar-refractivity contribution in [1.82, 2.24) is 0 Å². The van der Waals surface area contributed by atoms with Crippen molar-refractivity contribution in [2.75, 3.05) is 4.90 Å². The van der Waals surface area contributed by atoms with Crippen LogP contribution in [0, 0.1) is 5.92 Å². The van der Waals surface area contributed by atoms with Gasteiger partial charge in [-0.3, -0.25) is 9.59 Å². The van der Waals surface area contributed by atoms with E-state index in [0.29, 0.717) is 11.1 Å². The average molecular weight is 554 g/mol. The second kappa shape index (κ2) is 10.1. The highest BCUT2D eigenvalue weighted by Gasteiger charge is 2.34. The fourth-order valence-electron chi connectivity index (χ4n) is 6.49. The van der Waals surface area contributed by atoms with E-state index in [0.717, 1.165) is 39.8 Å². The minimum atomic E-state index is -0.181. The van der Waals surface area contributed by atoms with Gasteiger partial charge in [0, 0.05) is 34.1 Å². The summed E-state index contributed by atoms with van der Waals surface area (Å²) >= 11 is 0. The number of carbonyl (C=O) groups is 2. The van der Waals surface area contributed by atoms with Crippen LogP contribution < -0.4 is 15.3 Å². The molecule has 0 aromatic heterocycles. The molecule has 1 unspecified atom stereocenters. The number of benzene rings is 5. The summed E-state index contributed by atoms with van der Waals surface area (Å²) < 4.78 is 0. The molecule has 0 aliphatic heterocycles. The molecule has 1 atom stereocenters. The van der Waals surface area contributed by atoms with E-state index in [-0.39, 0.29) is 23.1 Å². The number of Topliss-reactive ketones (excluding diaryl/α,β-unsaturated/α-hetero) is 2. The third-order valence-electron chi connectivity index (χ3n) is 8.63. The summed E-state index contributed by atoms with van der Waals surface area (Å²) in [5.74, 6) is -0.175. The molecule has 3 aliphatic carbocycles. The Morgan fingerprint density at radius 1 is 0.605 bits per heavy atom. The van der Waals surface area contributed by atoms with Crippen molar-refractivity contribution in [2.24, 2.45) is 5.92 Å². The number of ketones is 2. The fraction of sp³-hybridized carbons (Fsp3) is 0.0500. The van der Waals surface area contributed by atoms with Crippen LogP contribution in [0.1, 0.15) is 27.1 Å². The van der Waals surface area contributed by atoms with Gasteiger partial charge in [0.2, 0.25) is 0 Å². The predicted octanol–water partition coefficient (Wildman–Crippen LogP) is 7.76. The van der Waals surface area contributed by atoms with E-state index in [9.17, 15) is 9.59 Å². The maximum Gasteiger partial charge on any atom is 0.197 e. The van der Waals surface area contributed by atoms with Crippen LogP contribution in [0.2, 0.25) is 0 Å². The monoisotopic (exact) mass is 553 g/mol. The Morgan fingerprint density at radius 2 is 1.21 bits per heavy atom. The van der Waals surface area contributed by atoms with Gasteiger partial charge in [-0.15, -0.1) is 0 Å². The molecule has 0 bridgehead atoms. The standard InChI is InChI=1S/C40H27NO2/c42-39-36-24-27-9-7-8-10-28(27)25-37(36)40(43)38(39)20-26-15-16-29-22-32-23-35(18-17-30(32)21-31(29)19-26)41(33-11-3-1-4-12-33)34-13-5-2-6-14-34/h1-18,20-25,31H,19H2. The van der Waals surface area contributed by atoms with Gasteiger partial charge in [-0.25, -0.2) is 0 Å². The Hall–Kier alpha value is -5.54. The molecule has 204 valence electrons. The zero-order valence-electron chi connectivity index (χ0n) is 23.4. The summed E-state index contributed by atoms with van der Waals surface area (Å²) in [5.41, 5.74) is 6.81. The van der Waals surface area contributed by atoms with Crippen LogP contribution in [0.5, 0.6) is 0 Å². The summed E-state index contributed by atoms with van der Waals surface area (Å²) in [7, 11) is 0. The molecule has 0 heterocycles. The van der Waals surface area contributed by atoms with Crippen molar-refractivity contribution in [3.05, 3.63) is 172 Å². The molecular weight excluding hydrogens is 526 g/mol. The van der Waals surface area contributed by atoms with Crippen LogP contribution >= 0.6 is 0 Å². The first-order chi connectivity index (χ1) is 21.1. The Bertz CT molecular complexity index is 2090. The zero-order chi connectivity index (χ0) is 28.9. The van der Waals surface area contributed by atoms with Gasteiger partial charge in [0.1, 0.15) is 0 Å². The van der Waals surface area contributed by atoms with Crippen molar-refractivity contribution < 1.29 is 9.59 Å². The first-order valence-corrected chi connectivity index (χ1v) is 14.6. The third-order valence-corrected chi connectivity index (χ3v) is 8.63. The highest BCUT2D eigenvalue weighted by molar-refractivity contribution is 6.40. The zero-order valence-corrected chi connectivity index (χ0v) is 23.4. The van der Waals surface area contributed by atoms with Gasteiger partial charge >= 0.3 is 0 Å². The molecule has 43 heavy (non-hydrogen) atoms. The van der Waals surface area contributed by atoms with Crippen molar-refractivity contribution in [2.45, 2.75) is 6.42 Å². The van der Waals surface area contributed by atoms with Gasteiger partial charge in [-0.2, -0.15) is 0 Å². The maximum atomic E-state index is 13.3. The van der Waals surface area contributed by atoms with Crippen molar-refractivity contribution in [1.29, 1.82) is 0 Å². The lowest BCUT2D eigenvalue weighted by Crippen LogP contribution is -2.31. The first-order valence-electron chi connectivity index (χ1n) is 14.6. The normalized spacial score (nSPS) is 16.7. The molecule has 0 radical (unpaired) electrons. The number of hydrogen-bond acceptors (Lipinski definition) is 3. The molecule has 3 heteroatoms. The van der Waals surface area contributed by atoms with Crippen LogP contribution in [-0.4, -0.2) is 11.6 Å². The third kappa shape index (κ3) is 4.38. The first kappa shape index (κ1) is 25.2. The number of nitrogens with zero attached hydrogens (tertiary/aromatic N) is 1. The summed E-state index contributed by atoms with van der Waals surface area (Å²) in [6.07, 6.45) is 11.3. The Balaban J connectivity index is 1.13. The summed E-state index contributed by atoms with van der Waals surface area (Å²) in [6.45, 7) is 0. The van der Waals surface area contributed by atoms with Gasteiger partial charge in [0.15, 0.2) is 11.6 Å². The smallest absolute Gasteiger partial charge is 0.197 e. The number of fused-ring (bicyclic) bond motifs is 4. The summed E-state index contributed by atoms with van der Waals surface area (Å²) in [5, 5.41) is 4.31. The largest absolute Gasteiger partial charge is 0.310 e. The second-order valence-electron chi connectivity index (χ2n) is 11.3. The summed E-state index contributed by atoms with van der Waals surface area (Å²) in [6, 6.07) is 39.0. The molecule has 0 amide bonds. The molecule has 0 N–H and O–H groups in total. The molecule has 0 saturated heterocycles. The van der Waals surface area contributed by atoms with Crippen LogP contribution in [0.4, 0.5) is 17.1 Å². The highest BCUT2D eigenvalue weighted by atomic mass is 16.2. The predicted molar refractivity (Wildman–Crippen MR) is 174 cm³/mol. The molecule has 8 rings (SSSR count). The average Bonchev–Trinajstić information content (AvgIpc) is 3.27. The van der Waals surface area contributed by atoms with Crippen molar-refractivity contribution in [3.63, 3.8) is 0 Å². The van der Waals surface area contributed by atoms with E-state index in [4.69, 9.17) is 0 Å². The van der Waals surface area contributed by atoms with E-state index in [2.05, 4.69) is 95.9 Å². The molecular formula is C40H27NO2. The van der Waals surface area contributed by atoms with Crippen LogP contribution in [0.3, 0.4) is 0 Å². The SMILES string of the molecule is O=C1C(=CC2=CC=C3C=c4cc(N(c5ccccc5)c5ccccc5)ccc4=CC3C2)C(=O)c2cc3ccccc3cc21. The number of para-hydroxylation sites is 2. The fourth-order valence-corrected chi connectivity index (χ4v) is 6.49. The highest BCUT2D eigenvalue weighted by Crippen LogP contribution is 2.36. The Labute approximate surface area is 249 Å². The topological polar surface area (TPSA) is 37.4 Å². The van der Waals surface area contributed by atoms with Gasteiger partial charge < -0.3 is 4.90 Å². The molecule has 0 spiro atoms. The Kier molecular flexibility index (Phi) is 5.90. The lowest BCUT2D eigenvalue weighted by atomic mass is 9.82. The number of carbonyl (C=O) groups excluding carboxylic acids is 2. The number of anilines is 3. The second-order valence-corrected chi connectivity index (χ2v) is 11.3. The van der Waals surface area contributed by atoms with Gasteiger partial charge in [-0.1, -0.05) is 91.0 Å². The quantitative estimate of drug-likeness (QED) is 0.169. The molecule has 3 aliphatic rings. The molecule has 5 aromatic carbocycles. The van der Waals surface area contributed by atoms with Gasteiger partial charge in [0.05, 0.1) is 5.57 Å². The van der Waals surface area contributed by atoms with E-state index in [1.807, 2.05) is 54.6 Å². The minimum absolute atomic E-state index is 0.181. The van der Waals surface area contributed by atoms with E-state index < -0.39 is 0 Å². The van der Waals surface area contributed by atoms with Crippen LogP contribution in [-0.2, 0) is 0 Å². The molecule has 3 nitrogen and oxygen atoms in total. The van der Waals surface area contributed by atoms with E-state index >= 15 is 0 Å². The number of allylic oxidation sites excluding steroid dienone is 6. The van der Waals surface area contributed by atoms with Crippen LogP contribution in [0.25, 0.3) is 22.9 Å². The van der Waals surface area contributed by atoms with E-state index in [1.54, 1.807) is 0 Å². The Morgan fingerprint density at radius 3 is 1.84 bits per heavy atom. The summed E-state index contributed by atoms with van der Waals surface area (Å²) in [4.78, 5) is 28.9. The number of hydrogen-bond donors (Lipinski definition) is 0. The van der Waals surface area contributed by atoms with Crippen molar-refractivity contribution >= 4 is 51.6 Å².